The molecule has 2 rings (SSSR count). The molecule has 0 aromatic carbocycles. The number of carbonyl (C=O) groups is 1. The van der Waals surface area contributed by atoms with Gasteiger partial charge in [0.25, 0.3) is 0 Å². The average Bonchev–Trinajstić information content (AvgIpc) is 2.90. The van der Waals surface area contributed by atoms with Crippen molar-refractivity contribution < 1.29 is 4.79 Å². The maximum Gasteiger partial charge on any atom is 0.317 e. The fourth-order valence-corrected chi connectivity index (χ4v) is 1.36. The highest BCUT2D eigenvalue weighted by Gasteiger charge is 2.26. The van der Waals surface area contributed by atoms with Crippen LogP contribution in [0.5, 0.6) is 0 Å². The second kappa shape index (κ2) is 4.67. The summed E-state index contributed by atoms with van der Waals surface area (Å²) in [5.41, 5.74) is 0. The Morgan fingerprint density at radius 1 is 1.31 bits per heavy atom. The number of urea groups is 1. The van der Waals surface area contributed by atoms with Crippen molar-refractivity contribution in [2.75, 3.05) is 26.2 Å². The van der Waals surface area contributed by atoms with Gasteiger partial charge in [0, 0.05) is 32.2 Å². The van der Waals surface area contributed by atoms with E-state index in [1.165, 1.54) is 0 Å². The summed E-state index contributed by atoms with van der Waals surface area (Å²) >= 11 is 0. The normalized spacial score (nSPS) is 22.0. The van der Waals surface area contributed by atoms with Gasteiger partial charge in [-0.1, -0.05) is 0 Å². The molecule has 1 aliphatic carbocycles. The van der Waals surface area contributed by atoms with E-state index in [9.17, 15) is 4.79 Å². The maximum atomic E-state index is 11.4. The number of rotatable bonds is 1. The summed E-state index contributed by atoms with van der Waals surface area (Å²) in [4.78, 5) is 13.3. The molecule has 4 nitrogen and oxygen atoms in total. The van der Waals surface area contributed by atoms with Crippen molar-refractivity contribution in [3.05, 3.63) is 0 Å². The summed E-state index contributed by atoms with van der Waals surface area (Å²) in [5.74, 6) is 0. The van der Waals surface area contributed by atoms with E-state index < -0.39 is 0 Å². The van der Waals surface area contributed by atoms with Crippen LogP contribution in [0.25, 0.3) is 0 Å². The van der Waals surface area contributed by atoms with Crippen molar-refractivity contribution in [1.29, 1.82) is 0 Å². The van der Waals surface area contributed by atoms with Gasteiger partial charge < -0.3 is 15.5 Å². The van der Waals surface area contributed by atoms with Gasteiger partial charge >= 0.3 is 6.03 Å². The molecule has 13 heavy (non-hydrogen) atoms. The van der Waals surface area contributed by atoms with E-state index >= 15 is 0 Å². The molecule has 2 aliphatic rings. The van der Waals surface area contributed by atoms with Crippen LogP contribution in [-0.4, -0.2) is 43.2 Å². The fraction of sp³-hybridized carbons (Fsp3) is 0.875. The zero-order valence-corrected chi connectivity index (χ0v) is 8.40. The Kier molecular flexibility index (Phi) is 3.81. The first-order chi connectivity index (χ1) is 5.86. The maximum absolute atomic E-state index is 11.4. The van der Waals surface area contributed by atoms with Gasteiger partial charge in [0.15, 0.2) is 0 Å². The van der Waals surface area contributed by atoms with Gasteiger partial charge in [-0.25, -0.2) is 4.79 Å². The van der Waals surface area contributed by atoms with E-state index in [0.29, 0.717) is 6.04 Å². The molecule has 0 radical (unpaired) electrons. The minimum absolute atomic E-state index is 0. The largest absolute Gasteiger partial charge is 0.335 e. The summed E-state index contributed by atoms with van der Waals surface area (Å²) in [6.07, 6.45) is 2.33. The molecule has 0 bridgehead atoms. The number of hydrogen-bond acceptors (Lipinski definition) is 2. The Bertz CT molecular complexity index is 178. The van der Waals surface area contributed by atoms with Crippen LogP contribution in [0.3, 0.4) is 0 Å². The fourth-order valence-electron chi connectivity index (χ4n) is 1.36. The van der Waals surface area contributed by atoms with E-state index in [1.54, 1.807) is 0 Å². The number of amides is 2. The first-order valence-corrected chi connectivity index (χ1v) is 4.62. The number of halogens is 1. The van der Waals surface area contributed by atoms with Crippen LogP contribution in [0.1, 0.15) is 12.8 Å². The van der Waals surface area contributed by atoms with Gasteiger partial charge in [0.1, 0.15) is 0 Å². The number of nitrogens with one attached hydrogen (secondary N) is 2. The second-order valence-electron chi connectivity index (χ2n) is 3.46. The molecule has 76 valence electrons. The van der Waals surface area contributed by atoms with Crippen molar-refractivity contribution in [3.8, 4) is 0 Å². The molecule has 1 aliphatic heterocycles. The van der Waals surface area contributed by atoms with Crippen molar-refractivity contribution in [2.24, 2.45) is 0 Å². The molecule has 0 unspecified atom stereocenters. The minimum Gasteiger partial charge on any atom is -0.335 e. The molecule has 2 amide bonds. The van der Waals surface area contributed by atoms with Gasteiger partial charge in [-0.3, -0.25) is 0 Å². The predicted molar refractivity (Wildman–Crippen MR) is 53.2 cm³/mol. The molecule has 0 atom stereocenters. The molecule has 1 saturated carbocycles. The second-order valence-corrected chi connectivity index (χ2v) is 3.46. The SMILES string of the molecule is Cl.O=C(NC1CC1)N1CCNCC1. The third kappa shape index (κ3) is 3.04. The van der Waals surface area contributed by atoms with Crippen molar-refractivity contribution in [2.45, 2.75) is 18.9 Å². The Hall–Kier alpha value is -0.480. The first kappa shape index (κ1) is 10.6. The summed E-state index contributed by atoms with van der Waals surface area (Å²) in [6.45, 7) is 3.55. The van der Waals surface area contributed by atoms with E-state index in [2.05, 4.69) is 10.6 Å². The van der Waals surface area contributed by atoms with E-state index in [-0.39, 0.29) is 18.4 Å². The molecule has 5 heteroatoms. The number of piperazine rings is 1. The Labute approximate surface area is 84.5 Å². The van der Waals surface area contributed by atoms with Crippen molar-refractivity contribution in [1.82, 2.24) is 15.5 Å². The molecule has 1 saturated heterocycles. The highest BCUT2D eigenvalue weighted by molar-refractivity contribution is 5.85. The summed E-state index contributed by atoms with van der Waals surface area (Å²) in [7, 11) is 0. The zero-order valence-electron chi connectivity index (χ0n) is 7.58. The molecule has 2 N–H and O–H groups in total. The van der Waals surface area contributed by atoms with Crippen LogP contribution < -0.4 is 10.6 Å². The molecule has 0 aromatic heterocycles. The standard InChI is InChI=1S/C8H15N3O.ClH/c12-8(10-7-1-2-7)11-5-3-9-4-6-11;/h7,9H,1-6H2,(H,10,12);1H. The molecule has 0 aromatic rings. The smallest absolute Gasteiger partial charge is 0.317 e. The monoisotopic (exact) mass is 205 g/mol. The van der Waals surface area contributed by atoms with E-state index in [1.807, 2.05) is 4.90 Å². The van der Waals surface area contributed by atoms with Crippen molar-refractivity contribution in [3.63, 3.8) is 0 Å². The average molecular weight is 206 g/mol. The quantitative estimate of drug-likeness (QED) is 0.642. The number of hydrogen-bond donors (Lipinski definition) is 2. The van der Waals surface area contributed by atoms with Crippen molar-refractivity contribution >= 4 is 18.4 Å². The number of nitrogens with zero attached hydrogens (tertiary/aromatic N) is 1. The Balaban J connectivity index is 0.000000845. The van der Waals surface area contributed by atoms with Crippen LogP contribution in [0, 0.1) is 0 Å². The third-order valence-corrected chi connectivity index (χ3v) is 2.31. The van der Waals surface area contributed by atoms with Gasteiger partial charge in [0.2, 0.25) is 0 Å². The third-order valence-electron chi connectivity index (χ3n) is 2.31. The highest BCUT2D eigenvalue weighted by atomic mass is 35.5. The van der Waals surface area contributed by atoms with E-state index in [4.69, 9.17) is 0 Å². The summed E-state index contributed by atoms with van der Waals surface area (Å²) < 4.78 is 0. The van der Waals surface area contributed by atoms with Gasteiger partial charge in [-0.15, -0.1) is 12.4 Å². The lowest BCUT2D eigenvalue weighted by Gasteiger charge is -2.27. The van der Waals surface area contributed by atoms with Crippen LogP contribution in [0.4, 0.5) is 4.79 Å². The van der Waals surface area contributed by atoms with Gasteiger partial charge in [0.05, 0.1) is 0 Å². The van der Waals surface area contributed by atoms with Gasteiger partial charge in [-0.2, -0.15) is 0 Å². The van der Waals surface area contributed by atoms with Crippen LogP contribution in [0.2, 0.25) is 0 Å². The Morgan fingerprint density at radius 3 is 2.46 bits per heavy atom. The van der Waals surface area contributed by atoms with E-state index in [0.717, 1.165) is 39.0 Å². The summed E-state index contributed by atoms with van der Waals surface area (Å²) in [5, 5.41) is 6.20. The van der Waals surface area contributed by atoms with Crippen LogP contribution >= 0.6 is 12.4 Å². The molecular formula is C8H16ClN3O. The minimum atomic E-state index is 0. The predicted octanol–water partition coefficient (Wildman–Crippen LogP) is 0.185. The topological polar surface area (TPSA) is 44.4 Å². The highest BCUT2D eigenvalue weighted by Crippen LogP contribution is 2.18. The van der Waals surface area contributed by atoms with Gasteiger partial charge in [-0.05, 0) is 12.8 Å². The molecule has 2 fully saturated rings. The Morgan fingerprint density at radius 2 is 1.92 bits per heavy atom. The first-order valence-electron chi connectivity index (χ1n) is 4.62. The lowest BCUT2D eigenvalue weighted by molar-refractivity contribution is 0.189. The molecule has 1 heterocycles. The lowest BCUT2D eigenvalue weighted by Crippen LogP contribution is -2.50. The molecule has 0 spiro atoms. The summed E-state index contributed by atoms with van der Waals surface area (Å²) in [6, 6.07) is 0.603. The van der Waals surface area contributed by atoms with Crippen LogP contribution in [0.15, 0.2) is 0 Å². The molecular weight excluding hydrogens is 190 g/mol. The lowest BCUT2D eigenvalue weighted by atomic mass is 10.4. The zero-order chi connectivity index (χ0) is 8.39. The number of carbonyl (C=O) groups excluding carboxylic acids is 1. The van der Waals surface area contributed by atoms with Crippen LogP contribution in [-0.2, 0) is 0 Å².